The lowest BCUT2D eigenvalue weighted by molar-refractivity contribution is 0.677. The second kappa shape index (κ2) is 17.5. The highest BCUT2D eigenvalue weighted by atomic mass is 16.3. The van der Waals surface area contributed by atoms with E-state index in [4.69, 9.17) is 14.4 Å². The van der Waals surface area contributed by atoms with E-state index in [9.17, 15) is 0 Å². The van der Waals surface area contributed by atoms with Crippen molar-refractivity contribution in [3.05, 3.63) is 243 Å². The zero-order chi connectivity index (χ0) is 47.3. The summed E-state index contributed by atoms with van der Waals surface area (Å²) < 4.78 is 12.2. The molecule has 0 aliphatic carbocycles. The molecule has 0 unspecified atom stereocenters. The van der Waals surface area contributed by atoms with E-state index in [0.29, 0.717) is 5.82 Å². The summed E-state index contributed by atoms with van der Waals surface area (Å²) in [5, 5.41) is 6.63. The molecule has 0 radical (unpaired) electrons. The van der Waals surface area contributed by atoms with E-state index in [0.717, 1.165) is 134 Å². The molecule has 334 valence electrons. The first-order valence-corrected chi connectivity index (χ1v) is 23.9. The second-order valence-electron chi connectivity index (χ2n) is 17.6. The van der Waals surface area contributed by atoms with Crippen molar-refractivity contribution < 1.29 is 4.42 Å². The molecule has 0 atom stereocenters. The second-order valence-corrected chi connectivity index (χ2v) is 17.6. The molecular weight excluding hydrogens is 853 g/mol. The van der Waals surface area contributed by atoms with Gasteiger partial charge in [0.25, 0.3) is 0 Å². The van der Waals surface area contributed by atoms with E-state index in [1.54, 1.807) is 12.2 Å². The molecule has 0 saturated carbocycles. The summed E-state index contributed by atoms with van der Waals surface area (Å²) in [6.45, 7) is 12.4. The van der Waals surface area contributed by atoms with Crippen molar-refractivity contribution in [3.63, 3.8) is 0 Å². The summed E-state index contributed by atoms with van der Waals surface area (Å²) in [5.74, 6) is 0.579. The van der Waals surface area contributed by atoms with Crippen molar-refractivity contribution in [3.8, 4) is 45.0 Å². The normalized spacial score (nSPS) is 12.4. The number of rotatable bonds is 11. The van der Waals surface area contributed by atoms with Crippen molar-refractivity contribution in [2.24, 2.45) is 0 Å². The molecule has 8 aromatic carbocycles. The Bertz CT molecular complexity index is 4130. The average molecular weight is 901 g/mol. The fourth-order valence-corrected chi connectivity index (χ4v) is 10.5. The van der Waals surface area contributed by atoms with Crippen molar-refractivity contribution in [1.29, 1.82) is 0 Å². The standard InChI is InChI=1S/C65H48N4O/c1-5-22-42(8-4)65-66-54(45-27-14-10-15-28-45)41-55(67-65)46-39-52(43(23-6-2)24-7-3)62(53(40-46)44-25-12-9-13-26-44)69-57-34-21-19-32-51(57)61-59(69)38-36-49-48-35-37-58-60(63(48)70-64(49)61)50-31-18-20-33-56(50)68(58)47-29-16-11-17-30-47/h5-6,8-41H,1,4,7H2,2-3H3/b23-6-,42-22+,43-24+. The smallest absolute Gasteiger partial charge is 0.160 e. The highest BCUT2D eigenvalue weighted by Crippen LogP contribution is 2.47. The van der Waals surface area contributed by atoms with Crippen LogP contribution in [-0.4, -0.2) is 19.1 Å². The number of para-hydroxylation sites is 3. The summed E-state index contributed by atoms with van der Waals surface area (Å²) in [5.41, 5.74) is 17.0. The Morgan fingerprint density at radius 2 is 1.10 bits per heavy atom. The quantitative estimate of drug-likeness (QED) is 0.122. The molecule has 5 nitrogen and oxygen atoms in total. The van der Waals surface area contributed by atoms with Gasteiger partial charge in [-0.3, -0.25) is 0 Å². The predicted molar refractivity (Wildman–Crippen MR) is 296 cm³/mol. The molecule has 12 rings (SSSR count). The van der Waals surface area contributed by atoms with Gasteiger partial charge >= 0.3 is 0 Å². The maximum absolute atomic E-state index is 7.36. The zero-order valence-corrected chi connectivity index (χ0v) is 39.1. The fraction of sp³-hybridized carbons (Fsp3) is 0.0462. The van der Waals surface area contributed by atoms with Gasteiger partial charge in [0.2, 0.25) is 0 Å². The lowest BCUT2D eigenvalue weighted by Crippen LogP contribution is -2.04. The lowest BCUT2D eigenvalue weighted by Gasteiger charge is -2.22. The Hall–Kier alpha value is -9.06. The van der Waals surface area contributed by atoms with Crippen LogP contribution in [-0.2, 0) is 0 Å². The third-order valence-corrected chi connectivity index (χ3v) is 13.5. The molecule has 70 heavy (non-hydrogen) atoms. The first kappa shape index (κ1) is 42.3. The van der Waals surface area contributed by atoms with Gasteiger partial charge < -0.3 is 13.6 Å². The number of nitrogens with zero attached hydrogens (tertiary/aromatic N) is 4. The van der Waals surface area contributed by atoms with Crippen LogP contribution < -0.4 is 0 Å². The molecule has 5 heteroatoms. The van der Waals surface area contributed by atoms with Crippen molar-refractivity contribution in [1.82, 2.24) is 19.1 Å². The van der Waals surface area contributed by atoms with Crippen molar-refractivity contribution in [2.75, 3.05) is 0 Å². The van der Waals surface area contributed by atoms with Gasteiger partial charge in [0.05, 0.1) is 49.9 Å². The van der Waals surface area contributed by atoms with Crippen LogP contribution in [0, 0.1) is 0 Å². The molecule has 0 bridgehead atoms. The van der Waals surface area contributed by atoms with Crippen LogP contribution in [0.5, 0.6) is 0 Å². The van der Waals surface area contributed by atoms with Gasteiger partial charge in [-0.25, -0.2) is 9.97 Å². The van der Waals surface area contributed by atoms with Gasteiger partial charge in [-0.05, 0) is 91.2 Å². The van der Waals surface area contributed by atoms with Crippen LogP contribution in [0.2, 0.25) is 0 Å². The number of benzene rings is 8. The molecule has 0 N–H and O–H groups in total. The molecule has 0 amide bonds. The summed E-state index contributed by atoms with van der Waals surface area (Å²) in [4.78, 5) is 10.4. The largest absolute Gasteiger partial charge is 0.455 e. The molecule has 0 aliphatic rings. The van der Waals surface area contributed by atoms with Gasteiger partial charge in [0.15, 0.2) is 5.82 Å². The zero-order valence-electron chi connectivity index (χ0n) is 39.1. The fourth-order valence-electron chi connectivity index (χ4n) is 10.5. The Balaban J connectivity index is 1.19. The molecule has 4 aromatic heterocycles. The van der Waals surface area contributed by atoms with Gasteiger partial charge in [0, 0.05) is 55.1 Å². The summed E-state index contributed by atoms with van der Waals surface area (Å²) >= 11 is 0. The number of hydrogen-bond acceptors (Lipinski definition) is 3. The number of allylic oxidation sites excluding steroid dienone is 8. The van der Waals surface area contributed by atoms with Crippen LogP contribution in [0.1, 0.15) is 31.7 Å². The van der Waals surface area contributed by atoms with E-state index >= 15 is 0 Å². The first-order chi connectivity index (χ1) is 34.6. The highest BCUT2D eigenvalue weighted by Gasteiger charge is 2.26. The molecule has 0 spiro atoms. The van der Waals surface area contributed by atoms with Gasteiger partial charge in [-0.2, -0.15) is 0 Å². The SMILES string of the molecule is C=C/C=C(\C=C)c1nc(-c2ccccc2)cc(-c2cc(C(/C=C\C)=C/CC)c(-n3c4ccccc4c4c5oc6c(ccc7c6c6ccccc6n7-c6ccccc6)c5ccc43)c(-c3ccccc3)c2)n1. The maximum Gasteiger partial charge on any atom is 0.160 e. The van der Waals surface area contributed by atoms with E-state index in [-0.39, 0.29) is 0 Å². The third-order valence-electron chi connectivity index (χ3n) is 13.5. The minimum Gasteiger partial charge on any atom is -0.455 e. The van der Waals surface area contributed by atoms with Gasteiger partial charge in [0.1, 0.15) is 11.2 Å². The van der Waals surface area contributed by atoms with Crippen LogP contribution >= 0.6 is 0 Å². The molecule has 12 aromatic rings. The predicted octanol–water partition coefficient (Wildman–Crippen LogP) is 17.7. The topological polar surface area (TPSA) is 48.8 Å². The van der Waals surface area contributed by atoms with E-state index < -0.39 is 0 Å². The monoisotopic (exact) mass is 900 g/mol. The van der Waals surface area contributed by atoms with E-state index in [1.807, 2.05) is 24.3 Å². The van der Waals surface area contributed by atoms with E-state index in [2.05, 4.69) is 218 Å². The number of hydrogen-bond donors (Lipinski definition) is 0. The minimum absolute atomic E-state index is 0.579. The van der Waals surface area contributed by atoms with Crippen molar-refractivity contribution >= 4 is 76.7 Å². The number of furan rings is 1. The van der Waals surface area contributed by atoms with Crippen LogP contribution in [0.4, 0.5) is 0 Å². The van der Waals surface area contributed by atoms with Gasteiger partial charge in [-0.15, -0.1) is 0 Å². The highest BCUT2D eigenvalue weighted by molar-refractivity contribution is 6.29. The molecule has 0 fully saturated rings. The molecule has 4 heterocycles. The number of fused-ring (bicyclic) bond motifs is 11. The lowest BCUT2D eigenvalue weighted by atomic mass is 9.90. The Labute approximate surface area is 406 Å². The first-order valence-electron chi connectivity index (χ1n) is 23.9. The maximum atomic E-state index is 7.36. The minimum atomic E-state index is 0.579. The van der Waals surface area contributed by atoms with E-state index in [1.165, 1.54) is 0 Å². The average Bonchev–Trinajstić information content (AvgIpc) is 4.08. The molecular formula is C65H48N4O. The summed E-state index contributed by atoms with van der Waals surface area (Å²) in [6, 6.07) is 64.8. The van der Waals surface area contributed by atoms with Crippen LogP contribution in [0.3, 0.4) is 0 Å². The third kappa shape index (κ3) is 6.85. The Morgan fingerprint density at radius 1 is 0.543 bits per heavy atom. The molecule has 0 saturated heterocycles. The Kier molecular flexibility index (Phi) is 10.6. The van der Waals surface area contributed by atoms with Crippen LogP contribution in [0.25, 0.3) is 122 Å². The summed E-state index contributed by atoms with van der Waals surface area (Å²) in [6.07, 6.45) is 13.0. The van der Waals surface area contributed by atoms with Gasteiger partial charge in [-0.1, -0.05) is 172 Å². The molecule has 0 aliphatic heterocycles. The van der Waals surface area contributed by atoms with Crippen LogP contribution in [0.15, 0.2) is 236 Å². The summed E-state index contributed by atoms with van der Waals surface area (Å²) in [7, 11) is 0. The number of aromatic nitrogens is 4. The van der Waals surface area contributed by atoms with Crippen molar-refractivity contribution in [2.45, 2.75) is 20.3 Å². The Morgan fingerprint density at radius 3 is 1.70 bits per heavy atom.